The second-order valence-corrected chi connectivity index (χ2v) is 4.44. The number of benzene rings is 1. The van der Waals surface area contributed by atoms with Crippen molar-refractivity contribution in [1.82, 2.24) is 10.2 Å². The van der Waals surface area contributed by atoms with Gasteiger partial charge in [0.05, 0.1) is 0 Å². The van der Waals surface area contributed by atoms with Gasteiger partial charge in [0, 0.05) is 5.69 Å². The van der Waals surface area contributed by atoms with Crippen molar-refractivity contribution in [1.29, 1.82) is 0 Å². The normalized spacial score (nSPS) is 10.4. The van der Waals surface area contributed by atoms with Crippen LogP contribution in [0.25, 0.3) is 0 Å². The molecule has 0 aliphatic heterocycles. The first-order valence-electron chi connectivity index (χ1n) is 5.41. The maximum absolute atomic E-state index is 5.91. The molecule has 0 aliphatic carbocycles. The average Bonchev–Trinajstić information content (AvgIpc) is 2.33. The van der Waals surface area contributed by atoms with Crippen molar-refractivity contribution < 1.29 is 0 Å². The Kier molecular flexibility index (Phi) is 3.29. The Labute approximate surface area is 106 Å². The van der Waals surface area contributed by atoms with E-state index in [1.165, 1.54) is 5.56 Å². The molecule has 2 aromatic rings. The lowest BCUT2D eigenvalue weighted by Gasteiger charge is -2.10. The molecular weight excluding hydrogens is 234 g/mol. The van der Waals surface area contributed by atoms with Gasteiger partial charge in [-0.2, -0.15) is 0 Å². The third kappa shape index (κ3) is 2.56. The predicted octanol–water partition coefficient (Wildman–Crippen LogP) is 3.80. The minimum absolute atomic E-state index is 0.456. The maximum atomic E-state index is 5.91. The Morgan fingerprint density at radius 1 is 0.941 bits per heavy atom. The smallest absolute Gasteiger partial charge is 0.156 e. The summed E-state index contributed by atoms with van der Waals surface area (Å²) in [5.41, 5.74) is 4.20. The summed E-state index contributed by atoms with van der Waals surface area (Å²) < 4.78 is 0. The molecule has 1 aromatic carbocycles. The molecule has 0 fully saturated rings. The molecule has 17 heavy (non-hydrogen) atoms. The van der Waals surface area contributed by atoms with Crippen LogP contribution in [0.3, 0.4) is 0 Å². The maximum Gasteiger partial charge on any atom is 0.156 e. The molecule has 0 spiro atoms. The summed E-state index contributed by atoms with van der Waals surface area (Å²) in [6.45, 7) is 5.97. The molecule has 0 saturated heterocycles. The summed E-state index contributed by atoms with van der Waals surface area (Å²) in [7, 11) is 0. The zero-order chi connectivity index (χ0) is 12.4. The predicted molar refractivity (Wildman–Crippen MR) is 71.0 cm³/mol. The molecule has 1 aromatic heterocycles. The molecular formula is C13H14ClN3. The Bertz CT molecular complexity index is 535. The van der Waals surface area contributed by atoms with Crippen LogP contribution in [0.2, 0.25) is 5.15 Å². The van der Waals surface area contributed by atoms with Gasteiger partial charge >= 0.3 is 0 Å². The lowest BCUT2D eigenvalue weighted by molar-refractivity contribution is 1.00. The summed E-state index contributed by atoms with van der Waals surface area (Å²) in [5.74, 6) is 0.746. The van der Waals surface area contributed by atoms with Crippen LogP contribution in [-0.2, 0) is 0 Å². The van der Waals surface area contributed by atoms with E-state index in [2.05, 4.69) is 22.4 Å². The summed E-state index contributed by atoms with van der Waals surface area (Å²) in [6.07, 6.45) is 0. The number of aryl methyl sites for hydroxylation is 1. The third-order valence-corrected chi connectivity index (χ3v) is 3.14. The molecule has 1 heterocycles. The first kappa shape index (κ1) is 11.9. The third-order valence-electron chi connectivity index (χ3n) is 2.78. The molecule has 0 amide bonds. The zero-order valence-electron chi connectivity index (χ0n) is 10.1. The summed E-state index contributed by atoms with van der Waals surface area (Å²) in [4.78, 5) is 0. The van der Waals surface area contributed by atoms with E-state index >= 15 is 0 Å². The second-order valence-electron chi connectivity index (χ2n) is 4.08. The first-order valence-corrected chi connectivity index (χ1v) is 5.79. The Morgan fingerprint density at radius 3 is 2.24 bits per heavy atom. The van der Waals surface area contributed by atoms with Crippen molar-refractivity contribution in [2.75, 3.05) is 5.32 Å². The van der Waals surface area contributed by atoms with Crippen LogP contribution < -0.4 is 5.32 Å². The SMILES string of the molecule is Cc1ccc(Nc2nnc(Cl)c(C)c2C)cc1. The van der Waals surface area contributed by atoms with Gasteiger partial charge in [0.1, 0.15) is 0 Å². The van der Waals surface area contributed by atoms with Crippen LogP contribution in [0, 0.1) is 20.8 Å². The Balaban J connectivity index is 2.30. The molecule has 0 bridgehead atoms. The van der Waals surface area contributed by atoms with Gasteiger partial charge in [-0.25, -0.2) is 0 Å². The highest BCUT2D eigenvalue weighted by atomic mass is 35.5. The topological polar surface area (TPSA) is 37.8 Å². The van der Waals surface area contributed by atoms with Crippen molar-refractivity contribution in [2.24, 2.45) is 0 Å². The van der Waals surface area contributed by atoms with E-state index in [-0.39, 0.29) is 0 Å². The lowest BCUT2D eigenvalue weighted by Crippen LogP contribution is -2.01. The van der Waals surface area contributed by atoms with Crippen molar-refractivity contribution in [3.63, 3.8) is 0 Å². The summed E-state index contributed by atoms with van der Waals surface area (Å²) in [5, 5.41) is 11.7. The number of aromatic nitrogens is 2. The fraction of sp³-hybridized carbons (Fsp3) is 0.231. The molecule has 0 aliphatic rings. The van der Waals surface area contributed by atoms with Gasteiger partial charge in [0.2, 0.25) is 0 Å². The zero-order valence-corrected chi connectivity index (χ0v) is 10.8. The first-order chi connectivity index (χ1) is 8.08. The highest BCUT2D eigenvalue weighted by molar-refractivity contribution is 6.30. The number of rotatable bonds is 2. The van der Waals surface area contributed by atoms with E-state index in [1.54, 1.807) is 0 Å². The standard InChI is InChI=1S/C13H14ClN3/c1-8-4-6-11(7-5-8)15-13-10(3)9(2)12(14)16-17-13/h4-7H,1-3H3,(H,15,17). The van der Waals surface area contributed by atoms with Crippen molar-refractivity contribution in [3.8, 4) is 0 Å². The Morgan fingerprint density at radius 2 is 1.59 bits per heavy atom. The molecule has 0 radical (unpaired) electrons. The molecule has 2 rings (SSSR count). The van der Waals surface area contributed by atoms with E-state index in [4.69, 9.17) is 11.6 Å². The van der Waals surface area contributed by atoms with Gasteiger partial charge in [-0.3, -0.25) is 0 Å². The molecule has 0 atom stereocenters. The van der Waals surface area contributed by atoms with Crippen molar-refractivity contribution in [2.45, 2.75) is 20.8 Å². The molecule has 3 nitrogen and oxygen atoms in total. The average molecular weight is 248 g/mol. The molecule has 1 N–H and O–H groups in total. The van der Waals surface area contributed by atoms with Gasteiger partial charge in [-0.1, -0.05) is 29.3 Å². The van der Waals surface area contributed by atoms with Gasteiger partial charge in [0.15, 0.2) is 11.0 Å². The van der Waals surface area contributed by atoms with Crippen LogP contribution in [0.1, 0.15) is 16.7 Å². The van der Waals surface area contributed by atoms with E-state index in [1.807, 2.05) is 38.1 Å². The van der Waals surface area contributed by atoms with Crippen LogP contribution in [0.4, 0.5) is 11.5 Å². The number of hydrogen-bond acceptors (Lipinski definition) is 3. The van der Waals surface area contributed by atoms with E-state index in [9.17, 15) is 0 Å². The second kappa shape index (κ2) is 4.72. The van der Waals surface area contributed by atoms with Gasteiger partial charge in [0.25, 0.3) is 0 Å². The summed E-state index contributed by atoms with van der Waals surface area (Å²) >= 11 is 5.91. The van der Waals surface area contributed by atoms with Crippen LogP contribution in [0.15, 0.2) is 24.3 Å². The number of nitrogens with zero attached hydrogens (tertiary/aromatic N) is 2. The minimum Gasteiger partial charge on any atom is -0.339 e. The summed E-state index contributed by atoms with van der Waals surface area (Å²) in [6, 6.07) is 8.13. The molecule has 4 heteroatoms. The van der Waals surface area contributed by atoms with E-state index in [0.717, 1.165) is 22.6 Å². The quantitative estimate of drug-likeness (QED) is 0.877. The molecule has 0 saturated carbocycles. The van der Waals surface area contributed by atoms with Crippen LogP contribution >= 0.6 is 11.6 Å². The molecule has 0 unspecified atom stereocenters. The highest BCUT2D eigenvalue weighted by Crippen LogP contribution is 2.23. The largest absolute Gasteiger partial charge is 0.339 e. The number of nitrogens with one attached hydrogen (secondary N) is 1. The van der Waals surface area contributed by atoms with E-state index in [0.29, 0.717) is 5.15 Å². The van der Waals surface area contributed by atoms with Crippen molar-refractivity contribution in [3.05, 3.63) is 46.1 Å². The molecule has 88 valence electrons. The van der Waals surface area contributed by atoms with Crippen molar-refractivity contribution >= 4 is 23.1 Å². The monoisotopic (exact) mass is 247 g/mol. The highest BCUT2D eigenvalue weighted by Gasteiger charge is 2.07. The van der Waals surface area contributed by atoms with Gasteiger partial charge < -0.3 is 5.32 Å². The fourth-order valence-corrected chi connectivity index (χ4v) is 1.65. The van der Waals surface area contributed by atoms with Crippen LogP contribution in [0.5, 0.6) is 0 Å². The number of anilines is 2. The Hall–Kier alpha value is -1.61. The minimum atomic E-state index is 0.456. The van der Waals surface area contributed by atoms with Gasteiger partial charge in [-0.05, 0) is 44.0 Å². The lowest BCUT2D eigenvalue weighted by atomic mass is 10.2. The van der Waals surface area contributed by atoms with Gasteiger partial charge in [-0.15, -0.1) is 10.2 Å². The van der Waals surface area contributed by atoms with E-state index < -0.39 is 0 Å². The number of halogens is 1. The van der Waals surface area contributed by atoms with Crippen LogP contribution in [-0.4, -0.2) is 10.2 Å². The fourth-order valence-electron chi connectivity index (χ4n) is 1.47. The number of hydrogen-bond donors (Lipinski definition) is 1.